The van der Waals surface area contributed by atoms with Crippen LogP contribution >= 0.6 is 15.9 Å². The predicted octanol–water partition coefficient (Wildman–Crippen LogP) is 2.57. The van der Waals surface area contributed by atoms with Gasteiger partial charge in [-0.3, -0.25) is 0 Å². The van der Waals surface area contributed by atoms with Crippen molar-refractivity contribution in [3.05, 3.63) is 34.8 Å². The summed E-state index contributed by atoms with van der Waals surface area (Å²) in [7, 11) is 5.70. The smallest absolute Gasteiger partial charge is 0.176 e. The lowest BCUT2D eigenvalue weighted by Crippen LogP contribution is -2.06. The van der Waals surface area contributed by atoms with Gasteiger partial charge in [0.1, 0.15) is 23.6 Å². The first-order chi connectivity index (χ1) is 12.8. The Morgan fingerprint density at radius 1 is 0.667 bits per heavy atom. The Kier molecular flexibility index (Phi) is 3.61. The third-order valence-electron chi connectivity index (χ3n) is 4.48. The molecule has 134 valence electrons. The van der Waals surface area contributed by atoms with Gasteiger partial charge >= 0.3 is 0 Å². The van der Waals surface area contributed by atoms with Gasteiger partial charge in [-0.05, 0) is 33.5 Å². The monoisotopic (exact) mass is 427 g/mol. The number of hydrogen-bond acceptors (Lipinski definition) is 6. The molecule has 0 bridgehead atoms. The maximum atomic E-state index is 10.6. The number of nitrogens with zero attached hydrogens (tertiary/aromatic N) is 1. The van der Waals surface area contributed by atoms with Crippen LogP contribution in [-0.2, 0) is 0 Å². The molecule has 9 heteroatoms. The summed E-state index contributed by atoms with van der Waals surface area (Å²) in [6.45, 7) is 0. The third-order valence-corrected chi connectivity index (χ3v) is 5.23. The van der Waals surface area contributed by atoms with Crippen LogP contribution in [0.5, 0.6) is 34.5 Å². The molecule has 27 heavy (non-hydrogen) atoms. The number of rotatable bonds is 1. The number of para-hydroxylation sites is 1. The van der Waals surface area contributed by atoms with Crippen LogP contribution in [0.3, 0.4) is 0 Å². The molecule has 0 unspecified atom stereocenters. The van der Waals surface area contributed by atoms with Crippen molar-refractivity contribution in [2.75, 3.05) is 0 Å². The zero-order valence-corrected chi connectivity index (χ0v) is 15.1. The molecule has 7 nitrogen and oxygen atoms in total. The standard InChI is InChI=1S/C18H11BBrNO6/c19-9-15(24)11-7(13(22)16(9)25)8-12(17(26)10(20)18(27)14(8)23)21(11)6-4-2-1-3-5-6/h1-5,22-27H. The van der Waals surface area contributed by atoms with Crippen molar-refractivity contribution in [3.63, 3.8) is 0 Å². The molecule has 1 heterocycles. The highest BCUT2D eigenvalue weighted by molar-refractivity contribution is 9.10. The molecule has 0 fully saturated rings. The molecule has 0 aliphatic rings. The second kappa shape index (κ2) is 5.65. The van der Waals surface area contributed by atoms with E-state index in [0.29, 0.717) is 5.69 Å². The Morgan fingerprint density at radius 2 is 1.19 bits per heavy atom. The van der Waals surface area contributed by atoms with Crippen molar-refractivity contribution in [1.82, 2.24) is 4.57 Å². The largest absolute Gasteiger partial charge is 0.506 e. The van der Waals surface area contributed by atoms with Gasteiger partial charge in [0.25, 0.3) is 0 Å². The number of benzene rings is 3. The van der Waals surface area contributed by atoms with Gasteiger partial charge in [0, 0.05) is 5.69 Å². The van der Waals surface area contributed by atoms with Crippen molar-refractivity contribution in [2.24, 2.45) is 0 Å². The number of aromatic hydroxyl groups is 6. The molecule has 0 spiro atoms. The van der Waals surface area contributed by atoms with Crippen LogP contribution in [0.4, 0.5) is 0 Å². The van der Waals surface area contributed by atoms with Gasteiger partial charge in [0.2, 0.25) is 0 Å². The number of aromatic nitrogens is 1. The lowest BCUT2D eigenvalue weighted by molar-refractivity contribution is 0.398. The number of phenols is 6. The van der Waals surface area contributed by atoms with Crippen LogP contribution in [0.1, 0.15) is 0 Å². The summed E-state index contributed by atoms with van der Waals surface area (Å²) < 4.78 is 1.18. The normalized spacial score (nSPS) is 11.4. The minimum Gasteiger partial charge on any atom is -0.506 e. The van der Waals surface area contributed by atoms with Crippen LogP contribution < -0.4 is 5.46 Å². The number of phenolic OH excluding ortho intramolecular Hbond substituents is 6. The minimum atomic E-state index is -0.784. The zero-order chi connectivity index (χ0) is 19.6. The van der Waals surface area contributed by atoms with Gasteiger partial charge in [-0.25, -0.2) is 0 Å². The Morgan fingerprint density at radius 3 is 1.78 bits per heavy atom. The fraction of sp³-hybridized carbons (Fsp3) is 0. The average Bonchev–Trinajstić information content (AvgIpc) is 3.04. The topological polar surface area (TPSA) is 126 Å². The predicted molar refractivity (Wildman–Crippen MR) is 104 cm³/mol. The molecular weight excluding hydrogens is 417 g/mol. The lowest BCUT2D eigenvalue weighted by Gasteiger charge is -2.12. The highest BCUT2D eigenvalue weighted by atomic mass is 79.9. The molecule has 6 N–H and O–H groups in total. The number of fused-ring (bicyclic) bond motifs is 3. The maximum absolute atomic E-state index is 10.6. The molecule has 3 aromatic carbocycles. The van der Waals surface area contributed by atoms with E-state index in [0.717, 1.165) is 0 Å². The highest BCUT2D eigenvalue weighted by Gasteiger charge is 2.30. The molecule has 2 radical (unpaired) electrons. The van der Waals surface area contributed by atoms with Crippen molar-refractivity contribution in [1.29, 1.82) is 0 Å². The van der Waals surface area contributed by atoms with Gasteiger partial charge in [-0.15, -0.1) is 0 Å². The summed E-state index contributed by atoms with van der Waals surface area (Å²) in [6, 6.07) is 8.50. The summed E-state index contributed by atoms with van der Waals surface area (Å²) in [4.78, 5) is 0. The van der Waals surface area contributed by atoms with Crippen molar-refractivity contribution < 1.29 is 30.6 Å². The van der Waals surface area contributed by atoms with Crippen LogP contribution in [-0.4, -0.2) is 43.1 Å². The molecule has 4 rings (SSSR count). The Bertz CT molecular complexity index is 1180. The van der Waals surface area contributed by atoms with Crippen LogP contribution in [0.15, 0.2) is 34.8 Å². The molecular formula is C18H11BBrNO6. The molecule has 1 aromatic heterocycles. The van der Waals surface area contributed by atoms with Gasteiger partial charge < -0.3 is 35.2 Å². The van der Waals surface area contributed by atoms with Crippen LogP contribution in [0.2, 0.25) is 0 Å². The quantitative estimate of drug-likeness (QED) is 0.157. The molecule has 0 atom stereocenters. The van der Waals surface area contributed by atoms with Gasteiger partial charge in [0.05, 0.1) is 16.3 Å². The molecule has 0 aliphatic heterocycles. The van der Waals surface area contributed by atoms with Crippen LogP contribution in [0, 0.1) is 0 Å². The summed E-state index contributed by atoms with van der Waals surface area (Å²) >= 11 is 3.01. The van der Waals surface area contributed by atoms with E-state index in [1.165, 1.54) is 4.57 Å². The average molecular weight is 428 g/mol. The fourth-order valence-corrected chi connectivity index (χ4v) is 3.62. The fourth-order valence-electron chi connectivity index (χ4n) is 3.24. The van der Waals surface area contributed by atoms with Gasteiger partial charge in [-0.2, -0.15) is 0 Å². The van der Waals surface area contributed by atoms with Crippen molar-refractivity contribution in [2.45, 2.75) is 0 Å². The van der Waals surface area contributed by atoms with E-state index in [-0.39, 0.29) is 26.3 Å². The maximum Gasteiger partial charge on any atom is 0.176 e. The summed E-state index contributed by atoms with van der Waals surface area (Å²) in [5.74, 6) is -3.83. The first-order valence-electron chi connectivity index (χ1n) is 7.65. The zero-order valence-electron chi connectivity index (χ0n) is 13.5. The number of halogens is 1. The highest BCUT2D eigenvalue weighted by Crippen LogP contribution is 2.54. The van der Waals surface area contributed by atoms with E-state index in [1.807, 2.05) is 0 Å². The van der Waals surface area contributed by atoms with E-state index in [1.54, 1.807) is 30.3 Å². The van der Waals surface area contributed by atoms with Gasteiger partial charge in [0.15, 0.2) is 28.7 Å². The molecule has 0 amide bonds. The van der Waals surface area contributed by atoms with Crippen molar-refractivity contribution >= 4 is 51.0 Å². The van der Waals surface area contributed by atoms with E-state index < -0.39 is 40.0 Å². The molecule has 0 aliphatic carbocycles. The molecule has 0 saturated carbocycles. The summed E-state index contributed by atoms with van der Waals surface area (Å²) in [5, 5.41) is 61.9. The molecule has 0 saturated heterocycles. The van der Waals surface area contributed by atoms with E-state index in [9.17, 15) is 30.6 Å². The summed E-state index contributed by atoms with van der Waals surface area (Å²) in [5.41, 5.74) is -0.0899. The van der Waals surface area contributed by atoms with E-state index in [4.69, 9.17) is 7.85 Å². The SMILES string of the molecule is [B]c1c(O)c(O)c2c3c(O)c(O)c(Br)c(O)c3n(-c3ccccc3)c2c1O. The molecule has 4 aromatic rings. The number of hydrogen-bond donors (Lipinski definition) is 6. The first-order valence-corrected chi connectivity index (χ1v) is 8.44. The first kappa shape index (κ1) is 17.2. The Labute approximate surface area is 161 Å². The Balaban J connectivity index is 2.45. The van der Waals surface area contributed by atoms with E-state index >= 15 is 0 Å². The minimum absolute atomic E-state index is 0.0195. The lowest BCUT2D eigenvalue weighted by atomic mass is 9.91. The van der Waals surface area contributed by atoms with Gasteiger partial charge in [-0.1, -0.05) is 18.2 Å². The second-order valence-electron chi connectivity index (χ2n) is 5.94. The van der Waals surface area contributed by atoms with E-state index in [2.05, 4.69) is 15.9 Å². The summed E-state index contributed by atoms with van der Waals surface area (Å²) in [6.07, 6.45) is 0. The third kappa shape index (κ3) is 2.09. The van der Waals surface area contributed by atoms with Crippen LogP contribution in [0.25, 0.3) is 27.5 Å². The Hall–Kier alpha value is -3.20. The second-order valence-corrected chi connectivity index (χ2v) is 6.73. The van der Waals surface area contributed by atoms with Crippen molar-refractivity contribution in [3.8, 4) is 40.2 Å².